The van der Waals surface area contributed by atoms with E-state index in [9.17, 15) is 24.3 Å². The summed E-state index contributed by atoms with van der Waals surface area (Å²) in [6, 6.07) is 5.45. The van der Waals surface area contributed by atoms with E-state index in [1.807, 2.05) is 0 Å². The van der Waals surface area contributed by atoms with E-state index in [1.54, 1.807) is 18.2 Å². The van der Waals surface area contributed by atoms with Crippen LogP contribution >= 0.6 is 23.2 Å². The molecule has 4 atom stereocenters. The van der Waals surface area contributed by atoms with Gasteiger partial charge in [0.1, 0.15) is 5.75 Å². The molecule has 1 aromatic heterocycles. The number of hydrogen-bond donors (Lipinski definition) is 1. The lowest BCUT2D eigenvalue weighted by molar-refractivity contribution is -0.137. The second-order valence-corrected chi connectivity index (χ2v) is 9.43. The number of allylic oxidation sites excluding steroid dienone is 2. The Bertz CT molecular complexity index is 1320. The molecule has 5 rings (SSSR count). The monoisotopic (exact) mass is 464 g/mol. The number of likely N-dealkylation sites (tertiary alicyclic amines) is 1. The van der Waals surface area contributed by atoms with Crippen LogP contribution in [0.25, 0.3) is 0 Å². The van der Waals surface area contributed by atoms with Crippen LogP contribution in [0.1, 0.15) is 23.9 Å². The predicted octanol–water partition coefficient (Wildman–Crippen LogP) is 0.676. The minimum absolute atomic E-state index is 0.0459. The van der Waals surface area contributed by atoms with Gasteiger partial charge < -0.3 is 5.11 Å². The van der Waals surface area contributed by atoms with E-state index >= 15 is 0 Å². The second-order valence-electron chi connectivity index (χ2n) is 8.19. The van der Waals surface area contributed by atoms with Gasteiger partial charge in [-0.15, -0.1) is 23.2 Å². The van der Waals surface area contributed by atoms with E-state index < -0.39 is 44.9 Å². The summed E-state index contributed by atoms with van der Waals surface area (Å²) >= 11 is 13.9. The molecular weight excluding hydrogens is 447 g/mol. The van der Waals surface area contributed by atoms with E-state index in [4.69, 9.17) is 23.2 Å². The van der Waals surface area contributed by atoms with E-state index in [1.165, 1.54) is 35.6 Å². The molecule has 1 aliphatic carbocycles. The Morgan fingerprint density at radius 2 is 1.77 bits per heavy atom. The van der Waals surface area contributed by atoms with Crippen LogP contribution in [0.15, 0.2) is 45.5 Å². The Hall–Kier alpha value is -2.78. The van der Waals surface area contributed by atoms with Crippen molar-refractivity contribution in [3.8, 4) is 5.75 Å². The van der Waals surface area contributed by atoms with Crippen molar-refractivity contribution in [1.29, 1.82) is 0 Å². The standard InChI is InChI=1S/C20H18Cl2N4O5/c1-23-15(28)19(21)9-13-12(6-7-25-17(30)24(2)18(31)26(13)25)14(20(19,22)16(23)29)10-4-3-5-11(27)8-10/h3-6,8,13-14,27H,7,9H2,1-2H3/t13-,14+,19-,20+/m1/s1. The Morgan fingerprint density at radius 1 is 1.06 bits per heavy atom. The topological polar surface area (TPSA) is 107 Å². The highest BCUT2D eigenvalue weighted by Crippen LogP contribution is 2.63. The minimum atomic E-state index is -1.86. The fourth-order valence-corrected chi connectivity index (χ4v) is 6.19. The average Bonchev–Trinajstić information content (AvgIpc) is 3.03. The van der Waals surface area contributed by atoms with Crippen LogP contribution < -0.4 is 11.4 Å². The number of amides is 2. The van der Waals surface area contributed by atoms with Crippen molar-refractivity contribution in [3.05, 3.63) is 62.4 Å². The van der Waals surface area contributed by atoms with Crippen molar-refractivity contribution < 1.29 is 14.7 Å². The van der Waals surface area contributed by atoms with Crippen molar-refractivity contribution in [2.75, 3.05) is 7.05 Å². The number of rotatable bonds is 1. The molecule has 2 aliphatic heterocycles. The van der Waals surface area contributed by atoms with Gasteiger partial charge in [0.05, 0.1) is 12.6 Å². The van der Waals surface area contributed by atoms with Crippen LogP contribution in [-0.4, -0.2) is 52.5 Å². The van der Waals surface area contributed by atoms with Gasteiger partial charge in [-0.25, -0.2) is 23.5 Å². The third kappa shape index (κ3) is 2.22. The summed E-state index contributed by atoms with van der Waals surface area (Å²) in [4.78, 5) is 48.9. The van der Waals surface area contributed by atoms with Crippen LogP contribution in [0.2, 0.25) is 0 Å². The summed E-state index contributed by atoms with van der Waals surface area (Å²) in [6.45, 7) is 0.0935. The highest BCUT2D eigenvalue weighted by atomic mass is 35.5. The molecule has 1 N–H and O–H groups in total. The number of alkyl halides is 2. The van der Waals surface area contributed by atoms with Crippen LogP contribution in [-0.2, 0) is 23.2 Å². The van der Waals surface area contributed by atoms with Crippen molar-refractivity contribution in [1.82, 2.24) is 18.8 Å². The van der Waals surface area contributed by atoms with Crippen LogP contribution in [0, 0.1) is 0 Å². The molecule has 1 aromatic carbocycles. The molecule has 0 bridgehead atoms. The lowest BCUT2D eigenvalue weighted by atomic mass is 9.64. The van der Waals surface area contributed by atoms with Gasteiger partial charge in [-0.2, -0.15) is 0 Å². The molecule has 9 nitrogen and oxygen atoms in total. The Kier molecular flexibility index (Phi) is 3.99. The molecule has 1 saturated carbocycles. The number of phenols is 1. The minimum Gasteiger partial charge on any atom is -0.508 e. The van der Waals surface area contributed by atoms with E-state index in [-0.39, 0.29) is 18.7 Å². The Labute approximate surface area is 185 Å². The normalized spacial score (nSPS) is 31.9. The first-order valence-electron chi connectivity index (χ1n) is 9.61. The fourth-order valence-electron chi connectivity index (χ4n) is 5.19. The maximum absolute atomic E-state index is 13.3. The van der Waals surface area contributed by atoms with Gasteiger partial charge in [-0.1, -0.05) is 18.2 Å². The quantitative estimate of drug-likeness (QED) is 0.379. The third-order valence-electron chi connectivity index (χ3n) is 6.68. The number of hydrogen-bond acceptors (Lipinski definition) is 5. The number of aromatic nitrogens is 3. The van der Waals surface area contributed by atoms with Gasteiger partial charge >= 0.3 is 11.4 Å². The largest absolute Gasteiger partial charge is 0.508 e. The van der Waals surface area contributed by atoms with Crippen LogP contribution in [0.4, 0.5) is 0 Å². The molecular formula is C20H18Cl2N4O5. The molecule has 3 aliphatic rings. The summed E-state index contributed by atoms with van der Waals surface area (Å²) in [6.07, 6.45) is 1.61. The van der Waals surface area contributed by atoms with Crippen molar-refractivity contribution in [2.24, 2.45) is 7.05 Å². The van der Waals surface area contributed by atoms with E-state index in [0.29, 0.717) is 11.1 Å². The summed E-state index contributed by atoms with van der Waals surface area (Å²) in [7, 11) is 2.69. The lowest BCUT2D eigenvalue weighted by Gasteiger charge is -2.49. The molecule has 2 fully saturated rings. The zero-order valence-corrected chi connectivity index (χ0v) is 18.1. The summed E-state index contributed by atoms with van der Waals surface area (Å²) in [5.41, 5.74) is 0.0300. The van der Waals surface area contributed by atoms with Crippen molar-refractivity contribution >= 4 is 35.0 Å². The number of phenolic OH excluding ortho intramolecular Hbond substituents is 1. The van der Waals surface area contributed by atoms with Gasteiger partial charge in [-0.3, -0.25) is 14.5 Å². The van der Waals surface area contributed by atoms with E-state index in [0.717, 1.165) is 9.47 Å². The van der Waals surface area contributed by atoms with Crippen molar-refractivity contribution in [2.45, 2.75) is 34.7 Å². The molecule has 1 saturated heterocycles. The number of aromatic hydroxyl groups is 1. The smallest absolute Gasteiger partial charge is 0.347 e. The highest BCUT2D eigenvalue weighted by Gasteiger charge is 2.74. The number of benzene rings is 1. The highest BCUT2D eigenvalue weighted by molar-refractivity contribution is 6.53. The fraction of sp³-hybridized carbons (Fsp3) is 0.400. The number of halogens is 2. The van der Waals surface area contributed by atoms with Gasteiger partial charge in [0, 0.05) is 26.4 Å². The van der Waals surface area contributed by atoms with Gasteiger partial charge in [0.2, 0.25) is 0 Å². The first-order valence-corrected chi connectivity index (χ1v) is 10.4. The molecule has 3 heterocycles. The first-order chi connectivity index (χ1) is 14.5. The molecule has 11 heteroatoms. The molecule has 2 aromatic rings. The summed E-state index contributed by atoms with van der Waals surface area (Å²) in [5, 5.41) is 10.1. The predicted molar refractivity (Wildman–Crippen MR) is 111 cm³/mol. The Morgan fingerprint density at radius 3 is 2.45 bits per heavy atom. The first kappa shape index (κ1) is 20.1. The van der Waals surface area contributed by atoms with Gasteiger partial charge in [-0.05, 0) is 23.3 Å². The zero-order chi connectivity index (χ0) is 22.5. The summed E-state index contributed by atoms with van der Waals surface area (Å²) in [5.74, 6) is -2.27. The molecule has 0 unspecified atom stereocenters. The molecule has 0 spiro atoms. The number of fused-ring (bicyclic) bond motifs is 4. The maximum Gasteiger partial charge on any atom is 0.347 e. The average molecular weight is 465 g/mol. The molecule has 31 heavy (non-hydrogen) atoms. The zero-order valence-electron chi connectivity index (χ0n) is 16.6. The van der Waals surface area contributed by atoms with Crippen LogP contribution in [0.3, 0.4) is 0 Å². The SMILES string of the molecule is CN1C(=O)[C@]2(Cl)C[C@@H]3C(=CCn4c(=O)n(C)c(=O)n43)[C@H](c3cccc(O)c3)[C@]2(Cl)C1=O. The third-order valence-corrected chi connectivity index (χ3v) is 8.09. The van der Waals surface area contributed by atoms with E-state index in [2.05, 4.69) is 0 Å². The molecule has 2 amide bonds. The number of imide groups is 1. The van der Waals surface area contributed by atoms with Crippen LogP contribution in [0.5, 0.6) is 5.75 Å². The molecule has 162 valence electrons. The second kappa shape index (κ2) is 6.14. The number of carbonyl (C=O) groups excluding carboxylic acids is 2. The van der Waals surface area contributed by atoms with Gasteiger partial charge in [0.25, 0.3) is 11.8 Å². The maximum atomic E-state index is 13.3. The molecule has 0 radical (unpaired) electrons. The lowest BCUT2D eigenvalue weighted by Crippen LogP contribution is -2.59. The van der Waals surface area contributed by atoms with Gasteiger partial charge in [0.15, 0.2) is 9.75 Å². The van der Waals surface area contributed by atoms with Crippen molar-refractivity contribution in [3.63, 3.8) is 0 Å². The Balaban J connectivity index is 1.83. The number of nitrogens with zero attached hydrogens (tertiary/aromatic N) is 4. The summed E-state index contributed by atoms with van der Waals surface area (Å²) < 4.78 is 3.55. The number of carbonyl (C=O) groups is 2.